The highest BCUT2D eigenvalue weighted by Gasteiger charge is 2.16. The molecule has 1 atom stereocenters. The second kappa shape index (κ2) is 5.33. The molecule has 1 saturated heterocycles. The van der Waals surface area contributed by atoms with Crippen molar-refractivity contribution in [2.24, 2.45) is 0 Å². The normalized spacial score (nSPS) is 19.3. The molecule has 1 aromatic carbocycles. The molecule has 1 unspecified atom stereocenters. The Balaban J connectivity index is 1.85. The van der Waals surface area contributed by atoms with Crippen molar-refractivity contribution >= 4 is 40.0 Å². The van der Waals surface area contributed by atoms with Crippen LogP contribution in [-0.4, -0.2) is 27.7 Å². The van der Waals surface area contributed by atoms with E-state index in [2.05, 4.69) is 15.5 Å². The van der Waals surface area contributed by atoms with Crippen molar-refractivity contribution in [3.8, 4) is 0 Å². The van der Waals surface area contributed by atoms with E-state index >= 15 is 0 Å². The summed E-state index contributed by atoms with van der Waals surface area (Å²) in [7, 11) is 0. The minimum absolute atomic E-state index is 0.464. The molecule has 18 heavy (non-hydrogen) atoms. The van der Waals surface area contributed by atoms with Gasteiger partial charge in [-0.15, -0.1) is 10.2 Å². The molecule has 0 saturated carbocycles. The summed E-state index contributed by atoms with van der Waals surface area (Å²) in [5.74, 6) is 2.11. The zero-order valence-electron chi connectivity index (χ0n) is 9.90. The number of rotatable bonds is 3. The standard InChI is InChI=1S/C13H14ClN3S/c14-12-10-5-1-2-6-11(10)13(17-16-12)15-8-9-4-3-7-18-9/h1-2,5-6,9H,3-4,7-8H2,(H,15,17). The lowest BCUT2D eigenvalue weighted by molar-refractivity contribution is 0.802. The second-order valence-electron chi connectivity index (χ2n) is 4.40. The fraction of sp³-hybridized carbons (Fsp3) is 0.385. The van der Waals surface area contributed by atoms with E-state index in [0.29, 0.717) is 10.4 Å². The molecule has 1 aliphatic rings. The molecule has 2 heterocycles. The molecule has 3 nitrogen and oxygen atoms in total. The molecule has 0 aliphatic carbocycles. The molecule has 3 rings (SSSR count). The summed E-state index contributed by atoms with van der Waals surface area (Å²) in [6, 6.07) is 7.96. The zero-order chi connectivity index (χ0) is 12.4. The molecular formula is C13H14ClN3S. The Hall–Kier alpha value is -1.00. The Morgan fingerprint density at radius 2 is 2.11 bits per heavy atom. The highest BCUT2D eigenvalue weighted by atomic mass is 35.5. The predicted molar refractivity (Wildman–Crippen MR) is 78.5 cm³/mol. The minimum atomic E-state index is 0.464. The van der Waals surface area contributed by atoms with Crippen LogP contribution in [0.3, 0.4) is 0 Å². The van der Waals surface area contributed by atoms with Gasteiger partial charge >= 0.3 is 0 Å². The first kappa shape index (κ1) is 12.1. The van der Waals surface area contributed by atoms with Crippen molar-refractivity contribution in [2.45, 2.75) is 18.1 Å². The van der Waals surface area contributed by atoms with E-state index < -0.39 is 0 Å². The SMILES string of the molecule is Clc1nnc(NCC2CCCS2)c2ccccc12. The minimum Gasteiger partial charge on any atom is -0.367 e. The lowest BCUT2D eigenvalue weighted by atomic mass is 10.2. The first-order valence-corrected chi connectivity index (χ1v) is 7.53. The number of nitrogens with zero attached hydrogens (tertiary/aromatic N) is 2. The van der Waals surface area contributed by atoms with Gasteiger partial charge in [0.25, 0.3) is 0 Å². The molecule has 1 fully saturated rings. The fourth-order valence-electron chi connectivity index (χ4n) is 2.22. The molecular weight excluding hydrogens is 266 g/mol. The number of hydrogen-bond donors (Lipinski definition) is 1. The van der Waals surface area contributed by atoms with E-state index in [1.54, 1.807) is 0 Å². The number of nitrogens with one attached hydrogen (secondary N) is 1. The first-order valence-electron chi connectivity index (χ1n) is 6.11. The van der Waals surface area contributed by atoms with Crippen LogP contribution in [0.5, 0.6) is 0 Å². The van der Waals surface area contributed by atoms with Gasteiger partial charge < -0.3 is 5.32 Å². The molecule has 0 spiro atoms. The molecule has 5 heteroatoms. The molecule has 0 radical (unpaired) electrons. The van der Waals surface area contributed by atoms with E-state index in [1.807, 2.05) is 36.0 Å². The number of anilines is 1. The highest BCUT2D eigenvalue weighted by molar-refractivity contribution is 8.00. The Morgan fingerprint density at radius 1 is 1.28 bits per heavy atom. The first-order chi connectivity index (χ1) is 8.84. The van der Waals surface area contributed by atoms with Crippen molar-refractivity contribution < 1.29 is 0 Å². The van der Waals surface area contributed by atoms with Gasteiger partial charge in [-0.25, -0.2) is 0 Å². The topological polar surface area (TPSA) is 37.8 Å². The molecule has 1 aromatic heterocycles. The maximum atomic E-state index is 6.05. The largest absolute Gasteiger partial charge is 0.367 e. The van der Waals surface area contributed by atoms with E-state index in [-0.39, 0.29) is 0 Å². The van der Waals surface area contributed by atoms with Crippen molar-refractivity contribution in [3.05, 3.63) is 29.4 Å². The van der Waals surface area contributed by atoms with Gasteiger partial charge in [-0.3, -0.25) is 0 Å². The fourth-order valence-corrected chi connectivity index (χ4v) is 3.62. The highest BCUT2D eigenvalue weighted by Crippen LogP contribution is 2.28. The lowest BCUT2D eigenvalue weighted by Crippen LogP contribution is -2.15. The number of aromatic nitrogens is 2. The molecule has 0 bridgehead atoms. The Morgan fingerprint density at radius 3 is 2.89 bits per heavy atom. The molecule has 2 aromatic rings. The Kier molecular flexibility index (Phi) is 3.57. The third-order valence-electron chi connectivity index (χ3n) is 3.16. The summed E-state index contributed by atoms with van der Waals surface area (Å²) < 4.78 is 0. The number of halogens is 1. The Bertz CT molecular complexity index is 555. The predicted octanol–water partition coefficient (Wildman–Crippen LogP) is 3.59. The monoisotopic (exact) mass is 279 g/mol. The van der Waals surface area contributed by atoms with Crippen molar-refractivity contribution in [1.82, 2.24) is 10.2 Å². The van der Waals surface area contributed by atoms with Gasteiger partial charge in [0.2, 0.25) is 0 Å². The number of benzene rings is 1. The van der Waals surface area contributed by atoms with Gasteiger partial charge in [0.05, 0.1) is 0 Å². The lowest BCUT2D eigenvalue weighted by Gasteiger charge is -2.12. The third-order valence-corrected chi connectivity index (χ3v) is 4.84. The van der Waals surface area contributed by atoms with Gasteiger partial charge in [0.1, 0.15) is 0 Å². The van der Waals surface area contributed by atoms with Crippen molar-refractivity contribution in [3.63, 3.8) is 0 Å². The summed E-state index contributed by atoms with van der Waals surface area (Å²) >= 11 is 8.08. The van der Waals surface area contributed by atoms with E-state index in [4.69, 9.17) is 11.6 Å². The molecule has 94 valence electrons. The van der Waals surface area contributed by atoms with Crippen LogP contribution < -0.4 is 5.32 Å². The van der Waals surface area contributed by atoms with Crippen LogP contribution >= 0.6 is 23.4 Å². The summed E-state index contributed by atoms with van der Waals surface area (Å²) in [6.45, 7) is 0.949. The van der Waals surface area contributed by atoms with E-state index in [9.17, 15) is 0 Å². The summed E-state index contributed by atoms with van der Waals surface area (Å²) in [4.78, 5) is 0. The molecule has 1 N–H and O–H groups in total. The van der Waals surface area contributed by atoms with E-state index in [1.165, 1.54) is 18.6 Å². The van der Waals surface area contributed by atoms with Crippen LogP contribution in [0.15, 0.2) is 24.3 Å². The van der Waals surface area contributed by atoms with Crippen LogP contribution in [-0.2, 0) is 0 Å². The van der Waals surface area contributed by atoms with Gasteiger partial charge in [0.15, 0.2) is 11.0 Å². The number of thioether (sulfide) groups is 1. The second-order valence-corrected chi connectivity index (χ2v) is 6.17. The molecule has 0 amide bonds. The quantitative estimate of drug-likeness (QED) is 0.932. The Labute approximate surface area is 115 Å². The zero-order valence-corrected chi connectivity index (χ0v) is 11.5. The average Bonchev–Trinajstić information content (AvgIpc) is 2.92. The van der Waals surface area contributed by atoms with Crippen molar-refractivity contribution in [2.75, 3.05) is 17.6 Å². The summed E-state index contributed by atoms with van der Waals surface area (Å²) in [6.07, 6.45) is 2.61. The van der Waals surface area contributed by atoms with Gasteiger partial charge in [-0.05, 0) is 18.6 Å². The van der Waals surface area contributed by atoms with Crippen LogP contribution in [0.1, 0.15) is 12.8 Å². The smallest absolute Gasteiger partial charge is 0.159 e. The van der Waals surface area contributed by atoms with Gasteiger partial charge in [-0.2, -0.15) is 11.8 Å². The van der Waals surface area contributed by atoms with Crippen LogP contribution in [0.2, 0.25) is 5.15 Å². The summed E-state index contributed by atoms with van der Waals surface area (Å²) in [5.41, 5.74) is 0. The summed E-state index contributed by atoms with van der Waals surface area (Å²) in [5, 5.41) is 14.7. The number of fused-ring (bicyclic) bond motifs is 1. The maximum absolute atomic E-state index is 6.05. The van der Waals surface area contributed by atoms with Crippen molar-refractivity contribution in [1.29, 1.82) is 0 Å². The van der Waals surface area contributed by atoms with Crippen LogP contribution in [0.4, 0.5) is 5.82 Å². The average molecular weight is 280 g/mol. The van der Waals surface area contributed by atoms with Crippen LogP contribution in [0, 0.1) is 0 Å². The molecule has 1 aliphatic heterocycles. The van der Waals surface area contributed by atoms with Crippen LogP contribution in [0.25, 0.3) is 10.8 Å². The van der Waals surface area contributed by atoms with Gasteiger partial charge in [-0.1, -0.05) is 35.9 Å². The third kappa shape index (κ3) is 2.40. The van der Waals surface area contributed by atoms with E-state index in [0.717, 1.165) is 23.1 Å². The number of hydrogen-bond acceptors (Lipinski definition) is 4. The van der Waals surface area contributed by atoms with Gasteiger partial charge in [0, 0.05) is 22.6 Å². The maximum Gasteiger partial charge on any atom is 0.159 e.